The van der Waals surface area contributed by atoms with Gasteiger partial charge in [0, 0.05) is 25.0 Å². The SMILES string of the molecule is CC(Cn1ccnc1)Nc1ccc2scnc2c1[N+](=O)[O-]. The molecule has 0 aliphatic carbocycles. The molecule has 0 spiro atoms. The molecule has 8 heteroatoms. The van der Waals surface area contributed by atoms with Crippen molar-refractivity contribution in [3.05, 3.63) is 46.5 Å². The van der Waals surface area contributed by atoms with E-state index in [0.717, 1.165) is 4.70 Å². The number of hydrogen-bond donors (Lipinski definition) is 1. The summed E-state index contributed by atoms with van der Waals surface area (Å²) in [6.45, 7) is 2.64. The molecule has 0 fully saturated rings. The average Bonchev–Trinajstić information content (AvgIpc) is 3.08. The van der Waals surface area contributed by atoms with Gasteiger partial charge in [0.05, 0.1) is 21.5 Å². The number of hydrogen-bond acceptors (Lipinski definition) is 6. The second kappa shape index (κ2) is 5.49. The van der Waals surface area contributed by atoms with E-state index >= 15 is 0 Å². The van der Waals surface area contributed by atoms with Crippen LogP contribution in [0.3, 0.4) is 0 Å². The Morgan fingerprint density at radius 1 is 1.52 bits per heavy atom. The third kappa shape index (κ3) is 2.70. The van der Waals surface area contributed by atoms with Crippen LogP contribution in [0.5, 0.6) is 0 Å². The summed E-state index contributed by atoms with van der Waals surface area (Å²) in [7, 11) is 0. The molecule has 7 nitrogen and oxygen atoms in total. The number of nitrogens with zero attached hydrogens (tertiary/aromatic N) is 4. The quantitative estimate of drug-likeness (QED) is 0.578. The maximum atomic E-state index is 11.3. The summed E-state index contributed by atoms with van der Waals surface area (Å²) in [5, 5.41) is 14.5. The van der Waals surface area contributed by atoms with Crippen molar-refractivity contribution in [3.8, 4) is 0 Å². The van der Waals surface area contributed by atoms with Crippen LogP contribution in [0.2, 0.25) is 0 Å². The Bertz CT molecular complexity index is 768. The van der Waals surface area contributed by atoms with Crippen molar-refractivity contribution in [2.45, 2.75) is 19.5 Å². The van der Waals surface area contributed by atoms with Crippen LogP contribution in [-0.4, -0.2) is 25.5 Å². The Morgan fingerprint density at radius 3 is 3.10 bits per heavy atom. The lowest BCUT2D eigenvalue weighted by Crippen LogP contribution is -2.21. The van der Waals surface area contributed by atoms with Gasteiger partial charge >= 0.3 is 5.69 Å². The molecule has 0 saturated heterocycles. The summed E-state index contributed by atoms with van der Waals surface area (Å²) in [6.07, 6.45) is 5.28. The van der Waals surface area contributed by atoms with Gasteiger partial charge in [-0.3, -0.25) is 10.1 Å². The number of aromatic nitrogens is 3. The number of thiazole rings is 1. The van der Waals surface area contributed by atoms with Crippen molar-refractivity contribution in [1.82, 2.24) is 14.5 Å². The second-order valence-corrected chi connectivity index (χ2v) is 5.61. The van der Waals surface area contributed by atoms with Crippen LogP contribution in [0, 0.1) is 10.1 Å². The summed E-state index contributed by atoms with van der Waals surface area (Å²) in [4.78, 5) is 19.1. The van der Waals surface area contributed by atoms with Gasteiger partial charge in [0.1, 0.15) is 5.69 Å². The van der Waals surface area contributed by atoms with Crippen molar-refractivity contribution in [2.75, 3.05) is 5.32 Å². The minimum atomic E-state index is -0.381. The van der Waals surface area contributed by atoms with Gasteiger partial charge in [-0.15, -0.1) is 11.3 Å². The molecule has 108 valence electrons. The first-order valence-corrected chi connectivity index (χ1v) is 7.26. The van der Waals surface area contributed by atoms with Gasteiger partial charge in [-0.1, -0.05) is 0 Å². The van der Waals surface area contributed by atoms with Crippen LogP contribution < -0.4 is 5.32 Å². The number of nitro groups is 1. The van der Waals surface area contributed by atoms with Crippen molar-refractivity contribution in [3.63, 3.8) is 0 Å². The minimum absolute atomic E-state index is 0.0222. The first-order chi connectivity index (χ1) is 10.1. The van der Waals surface area contributed by atoms with E-state index in [1.165, 1.54) is 11.3 Å². The highest BCUT2D eigenvalue weighted by Gasteiger charge is 2.21. The number of rotatable bonds is 5. The van der Waals surface area contributed by atoms with E-state index in [4.69, 9.17) is 0 Å². The van der Waals surface area contributed by atoms with Crippen LogP contribution in [0.1, 0.15) is 6.92 Å². The summed E-state index contributed by atoms with van der Waals surface area (Å²) in [6, 6.07) is 3.61. The lowest BCUT2D eigenvalue weighted by molar-refractivity contribution is -0.382. The molecular weight excluding hydrogens is 290 g/mol. The average molecular weight is 303 g/mol. The normalized spacial score (nSPS) is 12.4. The Morgan fingerprint density at radius 2 is 2.38 bits per heavy atom. The predicted molar refractivity (Wildman–Crippen MR) is 81.6 cm³/mol. The Kier molecular flexibility index (Phi) is 3.53. The van der Waals surface area contributed by atoms with Crippen molar-refractivity contribution in [2.24, 2.45) is 0 Å². The van der Waals surface area contributed by atoms with Crippen LogP contribution in [0.15, 0.2) is 36.4 Å². The maximum Gasteiger partial charge on any atom is 0.319 e. The van der Waals surface area contributed by atoms with Gasteiger partial charge in [0.2, 0.25) is 0 Å². The molecule has 21 heavy (non-hydrogen) atoms. The van der Waals surface area contributed by atoms with Crippen LogP contribution in [0.25, 0.3) is 10.2 Å². The molecule has 2 heterocycles. The van der Waals surface area contributed by atoms with Crippen molar-refractivity contribution < 1.29 is 4.92 Å². The topological polar surface area (TPSA) is 85.9 Å². The first-order valence-electron chi connectivity index (χ1n) is 6.38. The second-order valence-electron chi connectivity index (χ2n) is 4.72. The highest BCUT2D eigenvalue weighted by atomic mass is 32.1. The molecule has 0 saturated carbocycles. The number of fused-ring (bicyclic) bond motifs is 1. The molecule has 0 aliphatic heterocycles. The lowest BCUT2D eigenvalue weighted by Gasteiger charge is -2.15. The molecule has 0 bridgehead atoms. The molecule has 0 aliphatic rings. The van der Waals surface area contributed by atoms with Gasteiger partial charge in [0.25, 0.3) is 0 Å². The lowest BCUT2D eigenvalue weighted by atomic mass is 10.2. The zero-order valence-corrected chi connectivity index (χ0v) is 12.1. The van der Waals surface area contributed by atoms with E-state index in [1.54, 1.807) is 24.1 Å². The molecular formula is C13H13N5O2S. The smallest absolute Gasteiger partial charge is 0.319 e. The molecule has 1 unspecified atom stereocenters. The minimum Gasteiger partial charge on any atom is -0.375 e. The van der Waals surface area contributed by atoms with Gasteiger partial charge in [0.15, 0.2) is 5.52 Å². The molecule has 1 atom stereocenters. The summed E-state index contributed by atoms with van der Waals surface area (Å²) in [5.74, 6) is 0. The van der Waals surface area contributed by atoms with E-state index in [9.17, 15) is 10.1 Å². The fourth-order valence-electron chi connectivity index (χ4n) is 2.24. The van der Waals surface area contributed by atoms with Gasteiger partial charge in [-0.05, 0) is 19.1 Å². The van der Waals surface area contributed by atoms with E-state index < -0.39 is 0 Å². The first kappa shape index (κ1) is 13.5. The molecule has 1 aromatic carbocycles. The fraction of sp³-hybridized carbons (Fsp3) is 0.231. The number of nitrogens with one attached hydrogen (secondary N) is 1. The standard InChI is InChI=1S/C13H13N5O2S/c1-9(6-17-5-4-14-7-17)16-10-2-3-11-12(15-8-21-11)13(10)18(19)20/h2-5,7-9,16H,6H2,1H3. The third-order valence-corrected chi connectivity index (χ3v) is 3.90. The van der Waals surface area contributed by atoms with Gasteiger partial charge < -0.3 is 9.88 Å². The Hall–Kier alpha value is -2.48. The van der Waals surface area contributed by atoms with E-state index in [0.29, 0.717) is 17.7 Å². The summed E-state index contributed by atoms with van der Waals surface area (Å²) >= 11 is 1.39. The largest absolute Gasteiger partial charge is 0.375 e. The van der Waals surface area contributed by atoms with Crippen molar-refractivity contribution >= 4 is 32.9 Å². The summed E-state index contributed by atoms with van der Waals surface area (Å²) in [5.41, 5.74) is 2.58. The zero-order chi connectivity index (χ0) is 14.8. The van der Waals surface area contributed by atoms with Crippen molar-refractivity contribution in [1.29, 1.82) is 0 Å². The van der Waals surface area contributed by atoms with Gasteiger partial charge in [-0.25, -0.2) is 9.97 Å². The zero-order valence-electron chi connectivity index (χ0n) is 11.3. The van der Waals surface area contributed by atoms with Crippen LogP contribution in [-0.2, 0) is 6.54 Å². The molecule has 0 radical (unpaired) electrons. The monoisotopic (exact) mass is 303 g/mol. The molecule has 1 N–H and O–H groups in total. The Labute approximate surface area is 124 Å². The van der Waals surface area contributed by atoms with E-state index in [1.807, 2.05) is 23.8 Å². The number of nitro benzene ring substituents is 1. The molecule has 2 aromatic heterocycles. The predicted octanol–water partition coefficient (Wildman–Crippen LogP) is 2.90. The number of imidazole rings is 1. The summed E-state index contributed by atoms with van der Waals surface area (Å²) < 4.78 is 2.74. The van der Waals surface area contributed by atoms with Gasteiger partial charge in [-0.2, -0.15) is 0 Å². The molecule has 3 aromatic rings. The Balaban J connectivity index is 1.89. The maximum absolute atomic E-state index is 11.3. The highest BCUT2D eigenvalue weighted by Crippen LogP contribution is 2.34. The molecule has 0 amide bonds. The van der Waals surface area contributed by atoms with Crippen LogP contribution >= 0.6 is 11.3 Å². The molecule has 3 rings (SSSR count). The van der Waals surface area contributed by atoms with Crippen LogP contribution in [0.4, 0.5) is 11.4 Å². The highest BCUT2D eigenvalue weighted by molar-refractivity contribution is 7.16. The van der Waals surface area contributed by atoms with E-state index in [-0.39, 0.29) is 16.7 Å². The third-order valence-electron chi connectivity index (χ3n) is 3.10. The van der Waals surface area contributed by atoms with E-state index in [2.05, 4.69) is 15.3 Å². The number of benzene rings is 1. The number of anilines is 1. The fourth-order valence-corrected chi connectivity index (χ4v) is 2.92.